The van der Waals surface area contributed by atoms with Gasteiger partial charge in [0.2, 0.25) is 0 Å². The Morgan fingerprint density at radius 3 is 3.00 bits per heavy atom. The van der Waals surface area contributed by atoms with Crippen molar-refractivity contribution in [1.29, 1.82) is 0 Å². The second-order valence-electron chi connectivity index (χ2n) is 3.52. The van der Waals surface area contributed by atoms with Crippen molar-refractivity contribution < 1.29 is 0 Å². The predicted molar refractivity (Wildman–Crippen MR) is 57.5 cm³/mol. The van der Waals surface area contributed by atoms with Gasteiger partial charge in [-0.2, -0.15) is 0 Å². The lowest BCUT2D eigenvalue weighted by Crippen LogP contribution is -1.86. The van der Waals surface area contributed by atoms with Crippen LogP contribution in [0.15, 0.2) is 36.9 Å². The third-order valence-corrected chi connectivity index (χ3v) is 2.37. The van der Waals surface area contributed by atoms with E-state index in [1.54, 1.807) is 6.20 Å². The number of nitrogens with one attached hydrogen (secondary N) is 1. The number of pyridine rings is 1. The van der Waals surface area contributed by atoms with Crippen LogP contribution in [-0.4, -0.2) is 19.4 Å². The fourth-order valence-corrected chi connectivity index (χ4v) is 1.62. The summed E-state index contributed by atoms with van der Waals surface area (Å²) < 4.78 is 1.97. The van der Waals surface area contributed by atoms with Gasteiger partial charge in [0.05, 0.1) is 0 Å². The largest absolute Gasteiger partial charge is 0.342 e. The zero-order chi connectivity index (χ0) is 10.3. The number of fused-ring (bicyclic) bond motifs is 1. The molecule has 3 aromatic rings. The van der Waals surface area contributed by atoms with Crippen molar-refractivity contribution in [2.75, 3.05) is 0 Å². The molecule has 0 saturated carbocycles. The molecule has 0 aromatic carbocycles. The average Bonchev–Trinajstić information content (AvgIpc) is 2.84. The lowest BCUT2D eigenvalue weighted by atomic mass is 10.2. The van der Waals surface area contributed by atoms with Crippen molar-refractivity contribution >= 4 is 5.65 Å². The Hall–Kier alpha value is -2.10. The number of rotatable bonds is 1. The first-order valence-electron chi connectivity index (χ1n) is 4.77. The molecule has 0 unspecified atom stereocenters. The Labute approximate surface area is 86.6 Å². The SMILES string of the molecule is Cc1cnc(-c2ccn3ccnc3c2)[nH]1. The molecular formula is C11H10N4. The standard InChI is InChI=1S/C11H10N4/c1-8-7-13-11(14-8)9-2-4-15-5-3-12-10(15)6-9/h2-7H,1H3,(H,13,14). The summed E-state index contributed by atoms with van der Waals surface area (Å²) in [4.78, 5) is 11.7. The summed E-state index contributed by atoms with van der Waals surface area (Å²) >= 11 is 0. The Bertz CT molecular complexity index is 606. The molecule has 0 amide bonds. The molecule has 1 N–H and O–H groups in total. The molecular weight excluding hydrogens is 188 g/mol. The second kappa shape index (κ2) is 2.95. The van der Waals surface area contributed by atoms with Gasteiger partial charge < -0.3 is 9.38 Å². The van der Waals surface area contributed by atoms with Crippen molar-refractivity contribution in [3.63, 3.8) is 0 Å². The van der Waals surface area contributed by atoms with Crippen LogP contribution < -0.4 is 0 Å². The highest BCUT2D eigenvalue weighted by molar-refractivity contribution is 5.61. The monoisotopic (exact) mass is 198 g/mol. The number of aryl methyl sites for hydroxylation is 1. The summed E-state index contributed by atoms with van der Waals surface area (Å²) in [6.07, 6.45) is 7.51. The smallest absolute Gasteiger partial charge is 0.137 e. The molecule has 0 atom stereocenters. The lowest BCUT2D eigenvalue weighted by molar-refractivity contribution is 1.18. The van der Waals surface area contributed by atoms with E-state index < -0.39 is 0 Å². The van der Waals surface area contributed by atoms with Crippen LogP contribution in [0.1, 0.15) is 5.69 Å². The maximum absolute atomic E-state index is 4.28. The zero-order valence-corrected chi connectivity index (χ0v) is 8.31. The molecule has 3 heterocycles. The van der Waals surface area contributed by atoms with Gasteiger partial charge in [0.15, 0.2) is 0 Å². The van der Waals surface area contributed by atoms with Crippen LogP contribution in [-0.2, 0) is 0 Å². The first-order valence-corrected chi connectivity index (χ1v) is 4.77. The summed E-state index contributed by atoms with van der Waals surface area (Å²) in [7, 11) is 0. The number of hydrogen-bond acceptors (Lipinski definition) is 2. The van der Waals surface area contributed by atoms with E-state index in [1.165, 1.54) is 0 Å². The van der Waals surface area contributed by atoms with Crippen LogP contribution in [0, 0.1) is 6.92 Å². The minimum Gasteiger partial charge on any atom is -0.342 e. The van der Waals surface area contributed by atoms with E-state index in [-0.39, 0.29) is 0 Å². The third-order valence-electron chi connectivity index (χ3n) is 2.37. The van der Waals surface area contributed by atoms with E-state index in [0.717, 1.165) is 22.7 Å². The summed E-state index contributed by atoms with van der Waals surface area (Å²) in [6.45, 7) is 1.99. The fourth-order valence-electron chi connectivity index (χ4n) is 1.62. The maximum Gasteiger partial charge on any atom is 0.137 e. The van der Waals surface area contributed by atoms with Crippen LogP contribution in [0.5, 0.6) is 0 Å². The van der Waals surface area contributed by atoms with Gasteiger partial charge in [0.25, 0.3) is 0 Å². The molecule has 0 radical (unpaired) electrons. The molecule has 0 fully saturated rings. The Kier molecular flexibility index (Phi) is 1.62. The molecule has 0 aliphatic heterocycles. The van der Waals surface area contributed by atoms with E-state index in [0.29, 0.717) is 0 Å². The Morgan fingerprint density at radius 2 is 2.20 bits per heavy atom. The van der Waals surface area contributed by atoms with Crippen LogP contribution in [0.2, 0.25) is 0 Å². The third kappa shape index (κ3) is 1.30. The first kappa shape index (κ1) is 8.23. The molecule has 74 valence electrons. The van der Waals surface area contributed by atoms with Crippen molar-refractivity contribution in [3.05, 3.63) is 42.6 Å². The average molecular weight is 198 g/mol. The number of aromatic amines is 1. The molecule has 0 saturated heterocycles. The van der Waals surface area contributed by atoms with Gasteiger partial charge in [-0.25, -0.2) is 9.97 Å². The molecule has 0 aliphatic rings. The molecule has 4 nitrogen and oxygen atoms in total. The van der Waals surface area contributed by atoms with Crippen LogP contribution >= 0.6 is 0 Å². The van der Waals surface area contributed by atoms with Crippen molar-refractivity contribution in [2.24, 2.45) is 0 Å². The number of imidazole rings is 2. The number of nitrogens with zero attached hydrogens (tertiary/aromatic N) is 3. The molecule has 3 aromatic heterocycles. The van der Waals surface area contributed by atoms with Crippen LogP contribution in [0.3, 0.4) is 0 Å². The highest BCUT2D eigenvalue weighted by Gasteiger charge is 2.02. The lowest BCUT2D eigenvalue weighted by Gasteiger charge is -1.97. The van der Waals surface area contributed by atoms with E-state index >= 15 is 0 Å². The van der Waals surface area contributed by atoms with Gasteiger partial charge in [-0.15, -0.1) is 0 Å². The molecule has 3 rings (SSSR count). The van der Waals surface area contributed by atoms with Crippen molar-refractivity contribution in [3.8, 4) is 11.4 Å². The molecule has 15 heavy (non-hydrogen) atoms. The van der Waals surface area contributed by atoms with Crippen LogP contribution in [0.4, 0.5) is 0 Å². The second-order valence-corrected chi connectivity index (χ2v) is 3.52. The summed E-state index contributed by atoms with van der Waals surface area (Å²) in [5.41, 5.74) is 3.05. The Balaban J connectivity index is 2.18. The zero-order valence-electron chi connectivity index (χ0n) is 8.31. The number of aromatic nitrogens is 4. The summed E-state index contributed by atoms with van der Waals surface area (Å²) in [5, 5.41) is 0. The summed E-state index contributed by atoms with van der Waals surface area (Å²) in [5.74, 6) is 0.887. The van der Waals surface area contributed by atoms with Crippen LogP contribution in [0.25, 0.3) is 17.0 Å². The predicted octanol–water partition coefficient (Wildman–Crippen LogP) is 2.03. The van der Waals surface area contributed by atoms with Crippen molar-refractivity contribution in [1.82, 2.24) is 19.4 Å². The quantitative estimate of drug-likeness (QED) is 0.650. The van der Waals surface area contributed by atoms with Gasteiger partial charge in [0, 0.05) is 36.0 Å². The van der Waals surface area contributed by atoms with Gasteiger partial charge in [-0.05, 0) is 19.1 Å². The van der Waals surface area contributed by atoms with E-state index in [9.17, 15) is 0 Å². The normalized spacial score (nSPS) is 11.0. The minimum atomic E-state index is 0.887. The van der Waals surface area contributed by atoms with Gasteiger partial charge in [0.1, 0.15) is 11.5 Å². The fraction of sp³-hybridized carbons (Fsp3) is 0.0909. The number of hydrogen-bond donors (Lipinski definition) is 1. The molecule has 0 bridgehead atoms. The van der Waals surface area contributed by atoms with E-state index in [2.05, 4.69) is 15.0 Å². The first-order chi connectivity index (χ1) is 7.33. The highest BCUT2D eigenvalue weighted by atomic mass is 15.0. The molecule has 0 spiro atoms. The highest BCUT2D eigenvalue weighted by Crippen LogP contribution is 2.16. The van der Waals surface area contributed by atoms with E-state index in [4.69, 9.17) is 0 Å². The topological polar surface area (TPSA) is 46.0 Å². The minimum absolute atomic E-state index is 0.887. The van der Waals surface area contributed by atoms with Gasteiger partial charge in [-0.3, -0.25) is 0 Å². The van der Waals surface area contributed by atoms with Crippen molar-refractivity contribution in [2.45, 2.75) is 6.92 Å². The van der Waals surface area contributed by atoms with E-state index in [1.807, 2.05) is 42.0 Å². The number of H-pyrrole nitrogens is 1. The van der Waals surface area contributed by atoms with Gasteiger partial charge >= 0.3 is 0 Å². The van der Waals surface area contributed by atoms with Gasteiger partial charge in [-0.1, -0.05) is 0 Å². The summed E-state index contributed by atoms with van der Waals surface area (Å²) in [6, 6.07) is 4.03. The Morgan fingerprint density at radius 1 is 1.27 bits per heavy atom. The maximum atomic E-state index is 4.28. The molecule has 4 heteroatoms. The molecule has 0 aliphatic carbocycles.